The lowest BCUT2D eigenvalue weighted by molar-refractivity contribution is 0.0985. The second-order valence-electron chi connectivity index (χ2n) is 6.71. The zero-order chi connectivity index (χ0) is 19.0. The summed E-state index contributed by atoms with van der Waals surface area (Å²) in [6.45, 7) is 3.39. The fourth-order valence-electron chi connectivity index (χ4n) is 2.80. The van der Waals surface area contributed by atoms with Gasteiger partial charge >= 0.3 is 0 Å². The van der Waals surface area contributed by atoms with Crippen molar-refractivity contribution in [1.29, 1.82) is 0 Å². The molecule has 0 spiro atoms. The molecular formula is C20H21ClN4OS2. The highest BCUT2D eigenvalue weighted by molar-refractivity contribution is 7.23. The number of rotatable bonds is 5. The van der Waals surface area contributed by atoms with Crippen molar-refractivity contribution in [1.82, 2.24) is 14.9 Å². The van der Waals surface area contributed by atoms with E-state index in [9.17, 15) is 4.79 Å². The van der Waals surface area contributed by atoms with Crippen molar-refractivity contribution < 1.29 is 4.79 Å². The van der Waals surface area contributed by atoms with Crippen LogP contribution in [0.2, 0.25) is 0 Å². The maximum Gasteiger partial charge on any atom is 0.289 e. The van der Waals surface area contributed by atoms with E-state index in [2.05, 4.69) is 22.9 Å². The first-order chi connectivity index (χ1) is 13.0. The van der Waals surface area contributed by atoms with Crippen molar-refractivity contribution >= 4 is 66.6 Å². The molecule has 4 rings (SSSR count). The summed E-state index contributed by atoms with van der Waals surface area (Å²) >= 11 is 2.99. The smallest absolute Gasteiger partial charge is 0.289 e. The van der Waals surface area contributed by atoms with Gasteiger partial charge in [0.1, 0.15) is 0 Å². The van der Waals surface area contributed by atoms with Gasteiger partial charge in [-0.15, -0.1) is 23.7 Å². The summed E-state index contributed by atoms with van der Waals surface area (Å²) in [6.07, 6.45) is 0. The van der Waals surface area contributed by atoms with Crippen molar-refractivity contribution in [3.63, 3.8) is 0 Å². The van der Waals surface area contributed by atoms with Gasteiger partial charge in [0.2, 0.25) is 0 Å². The molecule has 146 valence electrons. The SMILES string of the molecule is Cc1ccc2nc(N(CCN(C)C)C(=O)c3nc4ccccc4s3)sc2c1.Cl. The van der Waals surface area contributed by atoms with Crippen molar-refractivity contribution in [3.8, 4) is 0 Å². The molecular weight excluding hydrogens is 412 g/mol. The largest absolute Gasteiger partial charge is 0.308 e. The van der Waals surface area contributed by atoms with E-state index in [1.165, 1.54) is 16.9 Å². The fourth-order valence-corrected chi connectivity index (χ4v) is 4.80. The maximum absolute atomic E-state index is 13.3. The molecule has 0 aliphatic carbocycles. The molecule has 0 radical (unpaired) electrons. The Bertz CT molecular complexity index is 1090. The molecule has 5 nitrogen and oxygen atoms in total. The summed E-state index contributed by atoms with van der Waals surface area (Å²) in [4.78, 5) is 26.4. The second-order valence-corrected chi connectivity index (χ2v) is 8.75. The van der Waals surface area contributed by atoms with Crippen LogP contribution in [0.25, 0.3) is 20.4 Å². The normalized spacial score (nSPS) is 11.1. The molecule has 8 heteroatoms. The second kappa shape index (κ2) is 8.53. The standard InChI is InChI=1S/C20H20N4OS2.ClH/c1-13-8-9-15-17(12-13)27-20(22-15)24(11-10-23(2)3)19(25)18-21-14-6-4-5-7-16(14)26-18;/h4-9,12H,10-11H2,1-3H3;1H. The van der Waals surface area contributed by atoms with Crippen LogP contribution in [-0.2, 0) is 0 Å². The van der Waals surface area contributed by atoms with Crippen molar-refractivity contribution in [2.75, 3.05) is 32.1 Å². The fraction of sp³-hybridized carbons (Fsp3) is 0.250. The Morgan fingerprint density at radius 2 is 1.71 bits per heavy atom. The Labute approximate surface area is 178 Å². The minimum atomic E-state index is -0.0890. The number of likely N-dealkylation sites (N-methyl/N-ethyl adjacent to an activating group) is 1. The molecule has 4 aromatic rings. The minimum absolute atomic E-state index is 0. The first-order valence-corrected chi connectivity index (χ1v) is 10.3. The van der Waals surface area contributed by atoms with Gasteiger partial charge in [0, 0.05) is 13.1 Å². The van der Waals surface area contributed by atoms with Crippen LogP contribution in [0.4, 0.5) is 5.13 Å². The molecule has 0 saturated heterocycles. The van der Waals surface area contributed by atoms with E-state index in [0.717, 1.165) is 32.1 Å². The van der Waals surface area contributed by atoms with E-state index in [-0.39, 0.29) is 18.3 Å². The number of fused-ring (bicyclic) bond motifs is 2. The van der Waals surface area contributed by atoms with Crippen molar-refractivity contribution in [2.24, 2.45) is 0 Å². The molecule has 0 bridgehead atoms. The Hall–Kier alpha value is -2.06. The van der Waals surface area contributed by atoms with Gasteiger partial charge < -0.3 is 4.90 Å². The number of hydrogen-bond acceptors (Lipinski definition) is 6. The average molecular weight is 433 g/mol. The van der Waals surface area contributed by atoms with Crippen molar-refractivity contribution in [3.05, 3.63) is 53.0 Å². The van der Waals surface area contributed by atoms with Crippen LogP contribution in [-0.4, -0.2) is 48.0 Å². The Morgan fingerprint density at radius 1 is 0.964 bits per heavy atom. The average Bonchev–Trinajstić information content (AvgIpc) is 3.24. The van der Waals surface area contributed by atoms with Gasteiger partial charge in [-0.3, -0.25) is 9.69 Å². The molecule has 0 N–H and O–H groups in total. The molecule has 28 heavy (non-hydrogen) atoms. The first kappa shape index (κ1) is 20.7. The molecule has 0 fully saturated rings. The van der Waals surface area contributed by atoms with Crippen LogP contribution < -0.4 is 4.90 Å². The van der Waals surface area contributed by atoms with Gasteiger partial charge in [-0.2, -0.15) is 0 Å². The highest BCUT2D eigenvalue weighted by Gasteiger charge is 2.24. The lowest BCUT2D eigenvalue weighted by Crippen LogP contribution is -2.36. The Kier molecular flexibility index (Phi) is 6.30. The summed E-state index contributed by atoms with van der Waals surface area (Å²) in [6, 6.07) is 14.0. The lowest BCUT2D eigenvalue weighted by Gasteiger charge is -2.20. The number of nitrogens with zero attached hydrogens (tertiary/aromatic N) is 4. The molecule has 2 aromatic heterocycles. The number of thiazole rings is 2. The lowest BCUT2D eigenvalue weighted by atomic mass is 10.2. The zero-order valence-electron chi connectivity index (χ0n) is 15.9. The van der Waals surface area contributed by atoms with Gasteiger partial charge in [-0.05, 0) is 50.8 Å². The van der Waals surface area contributed by atoms with Gasteiger partial charge in [0.25, 0.3) is 5.91 Å². The van der Waals surface area contributed by atoms with E-state index in [0.29, 0.717) is 11.6 Å². The number of aryl methyl sites for hydroxylation is 1. The topological polar surface area (TPSA) is 49.3 Å². The number of hydrogen-bond donors (Lipinski definition) is 0. The third-order valence-corrected chi connectivity index (χ3v) is 6.32. The molecule has 2 aromatic carbocycles. The summed E-state index contributed by atoms with van der Waals surface area (Å²) in [5, 5.41) is 1.23. The summed E-state index contributed by atoms with van der Waals surface area (Å²) in [5.74, 6) is -0.0890. The number of carbonyl (C=O) groups excluding carboxylic acids is 1. The number of para-hydroxylation sites is 1. The monoisotopic (exact) mass is 432 g/mol. The first-order valence-electron chi connectivity index (χ1n) is 8.70. The molecule has 0 atom stereocenters. The highest BCUT2D eigenvalue weighted by Crippen LogP contribution is 2.31. The van der Waals surface area contributed by atoms with Crippen molar-refractivity contribution in [2.45, 2.75) is 6.92 Å². The van der Waals surface area contributed by atoms with Crippen LogP contribution in [0.1, 0.15) is 15.4 Å². The molecule has 1 amide bonds. The quantitative estimate of drug-likeness (QED) is 0.452. The van der Waals surface area contributed by atoms with Gasteiger partial charge in [-0.1, -0.05) is 29.5 Å². The van der Waals surface area contributed by atoms with E-state index >= 15 is 0 Å². The molecule has 0 saturated carbocycles. The third-order valence-electron chi connectivity index (χ3n) is 4.26. The number of aromatic nitrogens is 2. The summed E-state index contributed by atoms with van der Waals surface area (Å²) in [7, 11) is 4.00. The van der Waals surface area contributed by atoms with Crippen LogP contribution in [0.3, 0.4) is 0 Å². The number of amides is 1. The van der Waals surface area contributed by atoms with E-state index in [1.807, 2.05) is 50.5 Å². The van der Waals surface area contributed by atoms with Crippen LogP contribution in [0, 0.1) is 6.92 Å². The highest BCUT2D eigenvalue weighted by atomic mass is 35.5. The van der Waals surface area contributed by atoms with Crippen LogP contribution in [0.15, 0.2) is 42.5 Å². The molecule has 0 unspecified atom stereocenters. The van der Waals surface area contributed by atoms with Crippen LogP contribution in [0.5, 0.6) is 0 Å². The van der Waals surface area contributed by atoms with E-state index < -0.39 is 0 Å². The Morgan fingerprint density at radius 3 is 2.46 bits per heavy atom. The molecule has 2 heterocycles. The predicted molar refractivity (Wildman–Crippen MR) is 121 cm³/mol. The van der Waals surface area contributed by atoms with E-state index in [4.69, 9.17) is 4.98 Å². The Balaban J connectivity index is 0.00000225. The number of benzene rings is 2. The minimum Gasteiger partial charge on any atom is -0.308 e. The number of carbonyl (C=O) groups is 1. The number of anilines is 1. The zero-order valence-corrected chi connectivity index (χ0v) is 18.3. The van der Waals surface area contributed by atoms with Gasteiger partial charge in [0.15, 0.2) is 10.1 Å². The van der Waals surface area contributed by atoms with Gasteiger partial charge in [0.05, 0.1) is 20.4 Å². The van der Waals surface area contributed by atoms with Gasteiger partial charge in [-0.25, -0.2) is 9.97 Å². The summed E-state index contributed by atoms with van der Waals surface area (Å²) < 4.78 is 2.12. The number of halogens is 1. The maximum atomic E-state index is 13.3. The predicted octanol–water partition coefficient (Wildman–Crippen LogP) is 4.84. The van der Waals surface area contributed by atoms with E-state index in [1.54, 1.807) is 16.2 Å². The molecule has 0 aliphatic heterocycles. The third kappa shape index (κ3) is 4.17. The van der Waals surface area contributed by atoms with Crippen LogP contribution >= 0.6 is 35.1 Å². The summed E-state index contributed by atoms with van der Waals surface area (Å²) in [5.41, 5.74) is 2.97. The molecule has 0 aliphatic rings.